The van der Waals surface area contributed by atoms with Gasteiger partial charge in [0.25, 0.3) is 0 Å². The van der Waals surface area contributed by atoms with E-state index in [1.807, 2.05) is 55.5 Å². The fraction of sp³-hybridized carbons (Fsp3) is 0.409. The van der Waals surface area contributed by atoms with E-state index in [0.717, 1.165) is 37.2 Å². The number of ether oxygens (including phenoxy) is 2. The molecule has 0 heterocycles. The van der Waals surface area contributed by atoms with Crippen molar-refractivity contribution < 1.29 is 14.3 Å². The summed E-state index contributed by atoms with van der Waals surface area (Å²) in [7, 11) is 0. The first-order valence-electron chi connectivity index (χ1n) is 9.41. The zero-order valence-corrected chi connectivity index (χ0v) is 16.0. The summed E-state index contributed by atoms with van der Waals surface area (Å²) in [6.07, 6.45) is 1.12. The van der Waals surface area contributed by atoms with Crippen LogP contribution in [-0.4, -0.2) is 43.7 Å². The van der Waals surface area contributed by atoms with Crippen LogP contribution in [0.3, 0.4) is 0 Å². The van der Waals surface area contributed by atoms with E-state index in [9.17, 15) is 4.79 Å². The lowest BCUT2D eigenvalue weighted by Crippen LogP contribution is -2.29. The average molecular weight is 355 g/mol. The van der Waals surface area contributed by atoms with Crippen molar-refractivity contribution in [1.29, 1.82) is 0 Å². The van der Waals surface area contributed by atoms with E-state index in [2.05, 4.69) is 18.7 Å². The van der Waals surface area contributed by atoms with E-state index < -0.39 is 0 Å². The second kappa shape index (κ2) is 10.6. The number of hydrogen-bond donors (Lipinski definition) is 0. The molecule has 2 rings (SSSR count). The van der Waals surface area contributed by atoms with E-state index in [-0.39, 0.29) is 5.97 Å². The van der Waals surface area contributed by atoms with Crippen LogP contribution in [0.25, 0.3) is 11.1 Å². The van der Waals surface area contributed by atoms with Crippen LogP contribution in [0.1, 0.15) is 37.6 Å². The molecular formula is C22H29NO3. The van der Waals surface area contributed by atoms with Gasteiger partial charge in [0.15, 0.2) is 0 Å². The Morgan fingerprint density at radius 1 is 0.962 bits per heavy atom. The van der Waals surface area contributed by atoms with E-state index in [1.165, 1.54) is 0 Å². The molecule has 26 heavy (non-hydrogen) atoms. The first-order valence-corrected chi connectivity index (χ1v) is 9.41. The zero-order valence-electron chi connectivity index (χ0n) is 16.0. The van der Waals surface area contributed by atoms with Crippen molar-refractivity contribution >= 4 is 5.97 Å². The third-order valence-corrected chi connectivity index (χ3v) is 4.23. The van der Waals surface area contributed by atoms with Gasteiger partial charge in [-0.2, -0.15) is 0 Å². The molecule has 0 N–H and O–H groups in total. The Kier molecular flexibility index (Phi) is 8.16. The van der Waals surface area contributed by atoms with Crippen molar-refractivity contribution in [3.8, 4) is 16.9 Å². The molecule has 2 aromatic rings. The molecule has 0 unspecified atom stereocenters. The lowest BCUT2D eigenvalue weighted by atomic mass is 10.0. The first kappa shape index (κ1) is 20.0. The molecule has 140 valence electrons. The van der Waals surface area contributed by atoms with Crippen LogP contribution >= 0.6 is 0 Å². The summed E-state index contributed by atoms with van der Waals surface area (Å²) in [6.45, 7) is 9.90. The second-order valence-electron chi connectivity index (χ2n) is 6.08. The molecule has 0 aliphatic heterocycles. The topological polar surface area (TPSA) is 38.8 Å². The Morgan fingerprint density at radius 3 is 2.38 bits per heavy atom. The minimum absolute atomic E-state index is 0.341. The van der Waals surface area contributed by atoms with Crippen molar-refractivity contribution in [1.82, 2.24) is 4.90 Å². The number of esters is 1. The maximum Gasteiger partial charge on any atom is 0.341 e. The largest absolute Gasteiger partial charge is 0.491 e. The predicted octanol–water partition coefficient (Wildman–Crippen LogP) is 4.64. The molecule has 0 fully saturated rings. The molecule has 0 spiro atoms. The summed E-state index contributed by atoms with van der Waals surface area (Å²) in [4.78, 5) is 14.7. The third-order valence-electron chi connectivity index (χ3n) is 4.23. The summed E-state index contributed by atoms with van der Waals surface area (Å²) in [5.41, 5.74) is 2.51. The van der Waals surface area contributed by atoms with Gasteiger partial charge in [0.1, 0.15) is 17.9 Å². The van der Waals surface area contributed by atoms with Crippen molar-refractivity contribution in [3.63, 3.8) is 0 Å². The molecule has 0 bridgehead atoms. The second-order valence-corrected chi connectivity index (χ2v) is 6.08. The third kappa shape index (κ3) is 5.60. The van der Waals surface area contributed by atoms with Gasteiger partial charge in [-0.05, 0) is 49.7 Å². The van der Waals surface area contributed by atoms with E-state index >= 15 is 0 Å². The molecule has 0 saturated heterocycles. The number of benzene rings is 2. The lowest BCUT2D eigenvalue weighted by molar-refractivity contribution is 0.0521. The first-order chi connectivity index (χ1) is 12.7. The van der Waals surface area contributed by atoms with Crippen LogP contribution in [0.4, 0.5) is 0 Å². The van der Waals surface area contributed by atoms with Crippen LogP contribution in [0, 0.1) is 0 Å². The molecule has 4 nitrogen and oxygen atoms in total. The maximum atomic E-state index is 12.4. The van der Waals surface area contributed by atoms with Crippen LogP contribution in [0.5, 0.6) is 5.75 Å². The highest BCUT2D eigenvalue weighted by molar-refractivity contribution is 5.94. The molecule has 0 aromatic heterocycles. The molecular weight excluding hydrogens is 326 g/mol. The Hall–Kier alpha value is -2.33. The smallest absolute Gasteiger partial charge is 0.341 e. The van der Waals surface area contributed by atoms with Gasteiger partial charge in [0, 0.05) is 6.54 Å². The van der Waals surface area contributed by atoms with Gasteiger partial charge in [0.05, 0.1) is 6.61 Å². The Labute approximate surface area is 156 Å². The number of nitrogens with zero attached hydrogens (tertiary/aromatic N) is 1. The summed E-state index contributed by atoms with van der Waals surface area (Å²) >= 11 is 0. The van der Waals surface area contributed by atoms with E-state index in [1.54, 1.807) is 0 Å². The Balaban J connectivity index is 2.17. The Bertz CT molecular complexity index is 685. The monoisotopic (exact) mass is 355 g/mol. The van der Waals surface area contributed by atoms with Crippen LogP contribution in [0.2, 0.25) is 0 Å². The van der Waals surface area contributed by atoms with Crippen LogP contribution < -0.4 is 4.74 Å². The van der Waals surface area contributed by atoms with Crippen LogP contribution in [-0.2, 0) is 4.74 Å². The lowest BCUT2D eigenvalue weighted by Gasteiger charge is -2.20. The maximum absolute atomic E-state index is 12.4. The summed E-state index contributed by atoms with van der Waals surface area (Å²) in [5.74, 6) is 0.233. The Morgan fingerprint density at radius 2 is 1.73 bits per heavy atom. The van der Waals surface area contributed by atoms with Crippen molar-refractivity contribution in [2.45, 2.75) is 27.2 Å². The fourth-order valence-corrected chi connectivity index (χ4v) is 2.86. The molecule has 0 saturated carbocycles. The van der Waals surface area contributed by atoms with Gasteiger partial charge in [-0.3, -0.25) is 0 Å². The predicted molar refractivity (Wildman–Crippen MR) is 106 cm³/mol. The highest BCUT2D eigenvalue weighted by atomic mass is 16.5. The standard InChI is InChI=1S/C22H29NO3/c1-4-14-23(5-2)15-16-26-21-13-12-19(18-10-8-7-9-11-18)17-20(21)22(24)25-6-3/h7-13,17H,4-6,14-16H2,1-3H3. The van der Waals surface area contributed by atoms with Gasteiger partial charge in [-0.25, -0.2) is 4.79 Å². The molecule has 0 amide bonds. The molecule has 0 atom stereocenters. The van der Waals surface area contributed by atoms with Crippen molar-refractivity contribution in [2.24, 2.45) is 0 Å². The van der Waals surface area contributed by atoms with E-state index in [0.29, 0.717) is 24.5 Å². The molecule has 0 aliphatic rings. The molecule has 2 aromatic carbocycles. The minimum Gasteiger partial charge on any atom is -0.491 e. The van der Waals surface area contributed by atoms with E-state index in [4.69, 9.17) is 9.47 Å². The van der Waals surface area contributed by atoms with Crippen molar-refractivity contribution in [3.05, 3.63) is 54.1 Å². The molecule has 4 heteroatoms. The quantitative estimate of drug-likeness (QED) is 0.582. The summed E-state index contributed by atoms with van der Waals surface area (Å²) in [5, 5.41) is 0. The van der Waals surface area contributed by atoms with Crippen molar-refractivity contribution in [2.75, 3.05) is 32.8 Å². The highest BCUT2D eigenvalue weighted by Crippen LogP contribution is 2.27. The summed E-state index contributed by atoms with van der Waals surface area (Å²) < 4.78 is 11.1. The number of rotatable bonds is 10. The number of hydrogen-bond acceptors (Lipinski definition) is 4. The van der Waals surface area contributed by atoms with Gasteiger partial charge >= 0.3 is 5.97 Å². The SMILES string of the molecule is CCCN(CC)CCOc1ccc(-c2ccccc2)cc1C(=O)OCC. The average Bonchev–Trinajstić information content (AvgIpc) is 2.68. The number of likely N-dealkylation sites (N-methyl/N-ethyl adjacent to an activating group) is 1. The van der Waals surface area contributed by atoms with Gasteiger partial charge in [-0.15, -0.1) is 0 Å². The van der Waals surface area contributed by atoms with Gasteiger partial charge < -0.3 is 14.4 Å². The van der Waals surface area contributed by atoms with Crippen LogP contribution in [0.15, 0.2) is 48.5 Å². The fourth-order valence-electron chi connectivity index (χ4n) is 2.86. The zero-order chi connectivity index (χ0) is 18.8. The molecule has 0 aliphatic carbocycles. The van der Waals surface area contributed by atoms with Gasteiger partial charge in [-0.1, -0.05) is 50.2 Å². The number of carbonyl (C=O) groups is 1. The molecule has 0 radical (unpaired) electrons. The summed E-state index contributed by atoms with van der Waals surface area (Å²) in [6, 6.07) is 15.7. The van der Waals surface area contributed by atoms with Gasteiger partial charge in [0.2, 0.25) is 0 Å². The normalized spacial score (nSPS) is 10.8. The number of carbonyl (C=O) groups excluding carboxylic acids is 1. The minimum atomic E-state index is -0.346. The highest BCUT2D eigenvalue weighted by Gasteiger charge is 2.16.